The first kappa shape index (κ1) is 22.7. The molecule has 1 fully saturated rings. The van der Waals surface area contributed by atoms with Gasteiger partial charge in [0.2, 0.25) is 0 Å². The SMILES string of the molecule is CCS(=O)(=O)c1cccc(-c2cnc3[nH]cc(C4=CCN(C(=O)NC5CCCC5)CC4)c3c2)c1. The Bertz CT molecular complexity index is 1350. The number of aromatic amines is 1. The van der Waals surface area contributed by atoms with Crippen LogP contribution in [0.4, 0.5) is 4.79 Å². The van der Waals surface area contributed by atoms with E-state index in [4.69, 9.17) is 0 Å². The molecule has 3 aromatic rings. The highest BCUT2D eigenvalue weighted by Crippen LogP contribution is 2.32. The van der Waals surface area contributed by atoms with E-state index in [-0.39, 0.29) is 11.8 Å². The number of sulfone groups is 1. The molecule has 2 amide bonds. The van der Waals surface area contributed by atoms with Crippen LogP contribution in [0.25, 0.3) is 27.7 Å². The van der Waals surface area contributed by atoms with Gasteiger partial charge in [-0.2, -0.15) is 0 Å². The van der Waals surface area contributed by atoms with Gasteiger partial charge in [-0.15, -0.1) is 0 Å². The van der Waals surface area contributed by atoms with Crippen LogP contribution in [0.2, 0.25) is 0 Å². The lowest BCUT2D eigenvalue weighted by Gasteiger charge is -2.28. The summed E-state index contributed by atoms with van der Waals surface area (Å²) in [6.07, 6.45) is 11.2. The second kappa shape index (κ2) is 9.25. The first-order chi connectivity index (χ1) is 16.4. The number of benzene rings is 1. The average molecular weight is 479 g/mol. The maximum Gasteiger partial charge on any atom is 0.317 e. The van der Waals surface area contributed by atoms with Gasteiger partial charge in [0, 0.05) is 48.0 Å². The van der Waals surface area contributed by atoms with Crippen molar-refractivity contribution in [2.75, 3.05) is 18.8 Å². The van der Waals surface area contributed by atoms with E-state index in [9.17, 15) is 13.2 Å². The molecule has 0 bridgehead atoms. The molecule has 0 atom stereocenters. The fourth-order valence-electron chi connectivity index (χ4n) is 4.90. The number of urea groups is 1. The molecule has 1 aliphatic carbocycles. The number of carbonyl (C=O) groups is 1. The van der Waals surface area contributed by atoms with Gasteiger partial charge in [0.1, 0.15) is 5.65 Å². The second-order valence-corrected chi connectivity index (χ2v) is 11.4. The largest absolute Gasteiger partial charge is 0.346 e. The maximum absolute atomic E-state index is 12.6. The number of hydrogen-bond acceptors (Lipinski definition) is 4. The first-order valence-electron chi connectivity index (χ1n) is 12.0. The summed E-state index contributed by atoms with van der Waals surface area (Å²) in [5.41, 5.74) is 4.76. The van der Waals surface area contributed by atoms with Gasteiger partial charge in [0.25, 0.3) is 0 Å². The Balaban J connectivity index is 1.38. The number of aromatic nitrogens is 2. The van der Waals surface area contributed by atoms with Crippen LogP contribution in [0.1, 0.15) is 44.6 Å². The molecule has 178 valence electrons. The number of H-pyrrole nitrogens is 1. The zero-order valence-corrected chi connectivity index (χ0v) is 20.2. The van der Waals surface area contributed by atoms with Crippen molar-refractivity contribution in [1.29, 1.82) is 0 Å². The third-order valence-corrected chi connectivity index (χ3v) is 8.69. The lowest BCUT2D eigenvalue weighted by Crippen LogP contribution is -2.45. The Morgan fingerprint density at radius 2 is 2.03 bits per heavy atom. The van der Waals surface area contributed by atoms with Gasteiger partial charge in [0.15, 0.2) is 9.84 Å². The minimum Gasteiger partial charge on any atom is -0.346 e. The van der Waals surface area contributed by atoms with Gasteiger partial charge in [0.05, 0.1) is 10.6 Å². The summed E-state index contributed by atoms with van der Waals surface area (Å²) < 4.78 is 24.7. The Morgan fingerprint density at radius 3 is 2.76 bits per heavy atom. The van der Waals surface area contributed by atoms with Gasteiger partial charge in [-0.3, -0.25) is 0 Å². The lowest BCUT2D eigenvalue weighted by molar-refractivity contribution is 0.199. The zero-order valence-electron chi connectivity index (χ0n) is 19.4. The first-order valence-corrected chi connectivity index (χ1v) is 13.6. The normalized spacial score (nSPS) is 17.2. The van der Waals surface area contributed by atoms with Crippen molar-refractivity contribution in [1.82, 2.24) is 20.2 Å². The topological polar surface area (TPSA) is 95.2 Å². The molecule has 5 rings (SSSR count). The summed E-state index contributed by atoms with van der Waals surface area (Å²) in [6, 6.07) is 9.45. The van der Waals surface area contributed by atoms with E-state index >= 15 is 0 Å². The number of nitrogens with zero attached hydrogens (tertiary/aromatic N) is 2. The summed E-state index contributed by atoms with van der Waals surface area (Å²) in [5, 5.41) is 4.17. The number of amides is 2. The molecule has 0 unspecified atom stereocenters. The molecular formula is C26H30N4O3S. The van der Waals surface area contributed by atoms with Crippen LogP contribution in [0.3, 0.4) is 0 Å². The average Bonchev–Trinajstić information content (AvgIpc) is 3.53. The molecule has 1 aliphatic heterocycles. The third-order valence-electron chi connectivity index (χ3n) is 6.96. The lowest BCUT2D eigenvalue weighted by atomic mass is 9.98. The molecule has 0 spiro atoms. The second-order valence-electron chi connectivity index (χ2n) is 9.11. The molecule has 1 saturated carbocycles. The Hall–Kier alpha value is -3.13. The molecule has 34 heavy (non-hydrogen) atoms. The summed E-state index contributed by atoms with van der Waals surface area (Å²) in [4.78, 5) is 22.6. The summed E-state index contributed by atoms with van der Waals surface area (Å²) in [5.74, 6) is 0.0690. The molecule has 2 N–H and O–H groups in total. The Kier molecular flexibility index (Phi) is 6.16. The van der Waals surface area contributed by atoms with Crippen LogP contribution < -0.4 is 5.32 Å². The summed E-state index contributed by atoms with van der Waals surface area (Å²) in [7, 11) is -3.28. The van der Waals surface area contributed by atoms with Gasteiger partial charge < -0.3 is 15.2 Å². The van der Waals surface area contributed by atoms with Crippen LogP contribution in [0.15, 0.2) is 53.7 Å². The van der Waals surface area contributed by atoms with Gasteiger partial charge in [-0.05, 0) is 48.6 Å². The van der Waals surface area contributed by atoms with E-state index < -0.39 is 9.84 Å². The Morgan fingerprint density at radius 1 is 1.21 bits per heavy atom. The van der Waals surface area contributed by atoms with E-state index in [2.05, 4.69) is 27.4 Å². The molecule has 1 aromatic carbocycles. The quantitative estimate of drug-likeness (QED) is 0.552. The number of fused-ring (bicyclic) bond motifs is 1. The van der Waals surface area contributed by atoms with E-state index in [1.54, 1.807) is 31.3 Å². The monoisotopic (exact) mass is 478 g/mol. The van der Waals surface area contributed by atoms with Crippen LogP contribution >= 0.6 is 0 Å². The molecular weight excluding hydrogens is 448 g/mol. The van der Waals surface area contributed by atoms with Crippen molar-refractivity contribution in [3.63, 3.8) is 0 Å². The van der Waals surface area contributed by atoms with Crippen LogP contribution in [-0.4, -0.2) is 54.2 Å². The molecule has 3 heterocycles. The van der Waals surface area contributed by atoms with E-state index in [1.807, 2.05) is 17.2 Å². The third kappa shape index (κ3) is 4.46. The molecule has 2 aliphatic rings. The molecule has 0 saturated heterocycles. The standard InChI is InChI=1S/C26H30N4O3S/c1-2-34(32,33)22-9-5-6-19(14-22)20-15-23-24(17-28-25(23)27-16-20)18-10-12-30(13-11-18)26(31)29-21-7-3-4-8-21/h5-6,9-10,14-17,21H,2-4,7-8,11-13H2,1H3,(H,27,28)(H,29,31). The van der Waals surface area contributed by atoms with Crippen molar-refractivity contribution in [3.8, 4) is 11.1 Å². The fourth-order valence-corrected chi connectivity index (χ4v) is 5.82. The predicted molar refractivity (Wildman–Crippen MR) is 134 cm³/mol. The smallest absolute Gasteiger partial charge is 0.317 e. The van der Waals surface area contributed by atoms with E-state index in [0.29, 0.717) is 24.0 Å². The summed E-state index contributed by atoms with van der Waals surface area (Å²) in [6.45, 7) is 2.92. The zero-order chi connectivity index (χ0) is 23.7. The maximum atomic E-state index is 12.6. The minimum atomic E-state index is -3.28. The summed E-state index contributed by atoms with van der Waals surface area (Å²) >= 11 is 0. The Labute approximate surface area is 200 Å². The van der Waals surface area contributed by atoms with E-state index in [1.165, 1.54) is 18.4 Å². The molecule has 8 heteroatoms. The van der Waals surface area contributed by atoms with Crippen LogP contribution in [0, 0.1) is 0 Å². The van der Waals surface area contributed by atoms with E-state index in [0.717, 1.165) is 47.0 Å². The predicted octanol–water partition coefficient (Wildman–Crippen LogP) is 4.76. The van der Waals surface area contributed by atoms with Gasteiger partial charge in [-0.25, -0.2) is 18.2 Å². The van der Waals surface area contributed by atoms with Crippen molar-refractivity contribution in [2.24, 2.45) is 0 Å². The molecule has 2 aromatic heterocycles. The highest BCUT2D eigenvalue weighted by Gasteiger charge is 2.23. The van der Waals surface area contributed by atoms with Crippen molar-refractivity contribution in [3.05, 3.63) is 54.4 Å². The van der Waals surface area contributed by atoms with Gasteiger partial charge >= 0.3 is 6.03 Å². The molecule has 7 nitrogen and oxygen atoms in total. The highest BCUT2D eigenvalue weighted by atomic mass is 32.2. The number of nitrogens with one attached hydrogen (secondary N) is 2. The molecule has 0 radical (unpaired) electrons. The van der Waals surface area contributed by atoms with Crippen molar-refractivity contribution < 1.29 is 13.2 Å². The van der Waals surface area contributed by atoms with Crippen LogP contribution in [0.5, 0.6) is 0 Å². The van der Waals surface area contributed by atoms with Gasteiger partial charge in [-0.1, -0.05) is 38.0 Å². The number of hydrogen-bond donors (Lipinski definition) is 2. The number of carbonyl (C=O) groups excluding carboxylic acids is 1. The minimum absolute atomic E-state index is 0.0343. The fraction of sp³-hybridized carbons (Fsp3) is 0.385. The van der Waals surface area contributed by atoms with Crippen molar-refractivity contribution in [2.45, 2.75) is 50.0 Å². The number of rotatable bonds is 5. The van der Waals surface area contributed by atoms with Crippen molar-refractivity contribution >= 4 is 32.5 Å². The highest BCUT2D eigenvalue weighted by molar-refractivity contribution is 7.91. The number of pyridine rings is 1. The van der Waals surface area contributed by atoms with Crippen LogP contribution in [-0.2, 0) is 9.84 Å².